The standard InChI is InChI=1S/C15H12Br2FNO/c1-8-4-3-5-10(14(8)17)15(20)19-13-7-11(16)12(18)6-9(13)2/h3-7H,1-2H3,(H,19,20). The number of halogens is 3. The van der Waals surface area contributed by atoms with Crippen LogP contribution in [-0.4, -0.2) is 5.91 Å². The van der Waals surface area contributed by atoms with Gasteiger partial charge >= 0.3 is 0 Å². The number of hydrogen-bond donors (Lipinski definition) is 1. The number of rotatable bonds is 2. The number of benzene rings is 2. The first-order valence-electron chi connectivity index (χ1n) is 5.92. The second kappa shape index (κ2) is 6.06. The van der Waals surface area contributed by atoms with Crippen LogP contribution in [-0.2, 0) is 0 Å². The summed E-state index contributed by atoms with van der Waals surface area (Å²) in [5.41, 5.74) is 2.78. The fraction of sp³-hybridized carbons (Fsp3) is 0.133. The molecule has 0 unspecified atom stereocenters. The molecule has 0 spiro atoms. The first-order valence-corrected chi connectivity index (χ1v) is 7.51. The zero-order valence-corrected chi connectivity index (χ0v) is 14.1. The van der Waals surface area contributed by atoms with Crippen LogP contribution in [0.1, 0.15) is 21.5 Å². The van der Waals surface area contributed by atoms with E-state index >= 15 is 0 Å². The zero-order chi connectivity index (χ0) is 14.9. The van der Waals surface area contributed by atoms with E-state index in [1.165, 1.54) is 6.07 Å². The lowest BCUT2D eigenvalue weighted by atomic mass is 10.1. The lowest BCUT2D eigenvalue weighted by molar-refractivity contribution is 0.102. The van der Waals surface area contributed by atoms with Gasteiger partial charge in [-0.1, -0.05) is 12.1 Å². The van der Waals surface area contributed by atoms with Gasteiger partial charge in [0, 0.05) is 10.2 Å². The van der Waals surface area contributed by atoms with E-state index in [0.29, 0.717) is 21.3 Å². The van der Waals surface area contributed by atoms with Crippen LogP contribution in [0.3, 0.4) is 0 Å². The van der Waals surface area contributed by atoms with E-state index in [1.54, 1.807) is 19.1 Å². The van der Waals surface area contributed by atoms with Gasteiger partial charge in [-0.3, -0.25) is 4.79 Å². The van der Waals surface area contributed by atoms with Crippen molar-refractivity contribution in [2.45, 2.75) is 13.8 Å². The van der Waals surface area contributed by atoms with Gasteiger partial charge in [0.2, 0.25) is 0 Å². The van der Waals surface area contributed by atoms with Gasteiger partial charge in [0.05, 0.1) is 10.0 Å². The summed E-state index contributed by atoms with van der Waals surface area (Å²) >= 11 is 6.53. The number of amides is 1. The number of carbonyl (C=O) groups is 1. The molecule has 0 bridgehead atoms. The summed E-state index contributed by atoms with van der Waals surface area (Å²) in [6.45, 7) is 3.66. The molecule has 0 aromatic heterocycles. The Morgan fingerprint density at radius 2 is 1.85 bits per heavy atom. The van der Waals surface area contributed by atoms with Crippen LogP contribution in [0.15, 0.2) is 39.3 Å². The zero-order valence-electron chi connectivity index (χ0n) is 10.9. The van der Waals surface area contributed by atoms with E-state index in [2.05, 4.69) is 37.2 Å². The molecule has 0 atom stereocenters. The van der Waals surface area contributed by atoms with E-state index < -0.39 is 0 Å². The van der Waals surface area contributed by atoms with Crippen molar-refractivity contribution in [2.75, 3.05) is 5.32 Å². The van der Waals surface area contributed by atoms with Gasteiger partial charge in [-0.2, -0.15) is 0 Å². The lowest BCUT2D eigenvalue weighted by Gasteiger charge is -2.11. The van der Waals surface area contributed by atoms with Crippen LogP contribution in [0, 0.1) is 19.7 Å². The molecule has 0 heterocycles. The van der Waals surface area contributed by atoms with Crippen LogP contribution >= 0.6 is 31.9 Å². The van der Waals surface area contributed by atoms with Gasteiger partial charge in [-0.15, -0.1) is 0 Å². The van der Waals surface area contributed by atoms with Gasteiger partial charge in [-0.05, 0) is 75.0 Å². The molecule has 0 aliphatic heterocycles. The fourth-order valence-corrected chi connectivity index (χ4v) is 2.58. The number of aryl methyl sites for hydroxylation is 2. The predicted molar refractivity (Wildman–Crippen MR) is 85.7 cm³/mol. The summed E-state index contributed by atoms with van der Waals surface area (Å²) in [6, 6.07) is 8.42. The van der Waals surface area contributed by atoms with Crippen LogP contribution in [0.5, 0.6) is 0 Å². The summed E-state index contributed by atoms with van der Waals surface area (Å²) in [7, 11) is 0. The summed E-state index contributed by atoms with van der Waals surface area (Å²) < 4.78 is 14.5. The van der Waals surface area contributed by atoms with E-state index in [9.17, 15) is 9.18 Å². The first-order chi connectivity index (χ1) is 9.40. The highest BCUT2D eigenvalue weighted by molar-refractivity contribution is 9.10. The SMILES string of the molecule is Cc1cc(F)c(Br)cc1NC(=O)c1cccc(C)c1Br. The van der Waals surface area contributed by atoms with Crippen molar-refractivity contribution in [3.63, 3.8) is 0 Å². The Morgan fingerprint density at radius 1 is 1.15 bits per heavy atom. The van der Waals surface area contributed by atoms with Crippen molar-refractivity contribution in [2.24, 2.45) is 0 Å². The minimum atomic E-state index is -0.350. The van der Waals surface area contributed by atoms with Crippen molar-refractivity contribution in [1.82, 2.24) is 0 Å². The van der Waals surface area contributed by atoms with E-state index in [4.69, 9.17) is 0 Å². The van der Waals surface area contributed by atoms with E-state index in [-0.39, 0.29) is 11.7 Å². The highest BCUT2D eigenvalue weighted by Crippen LogP contribution is 2.26. The van der Waals surface area contributed by atoms with Crippen LogP contribution in [0.25, 0.3) is 0 Å². The quantitative estimate of drug-likeness (QED) is 0.735. The van der Waals surface area contributed by atoms with Gasteiger partial charge in [-0.25, -0.2) is 4.39 Å². The average Bonchev–Trinajstić information content (AvgIpc) is 2.39. The third-order valence-electron chi connectivity index (χ3n) is 2.95. The molecule has 5 heteroatoms. The number of hydrogen-bond acceptors (Lipinski definition) is 1. The molecule has 0 saturated heterocycles. The molecule has 1 amide bonds. The molecule has 0 radical (unpaired) electrons. The molecule has 2 aromatic rings. The summed E-state index contributed by atoms with van der Waals surface area (Å²) in [5.74, 6) is -0.584. The highest BCUT2D eigenvalue weighted by Gasteiger charge is 2.13. The Bertz CT molecular complexity index is 686. The van der Waals surface area contributed by atoms with Gasteiger partial charge < -0.3 is 5.32 Å². The Hall–Kier alpha value is -1.20. The maximum absolute atomic E-state index is 13.4. The molecule has 20 heavy (non-hydrogen) atoms. The Labute approximate surface area is 133 Å². The van der Waals surface area contributed by atoms with Crippen molar-refractivity contribution in [1.29, 1.82) is 0 Å². The van der Waals surface area contributed by atoms with Crippen molar-refractivity contribution in [3.8, 4) is 0 Å². The van der Waals surface area contributed by atoms with E-state index in [1.807, 2.05) is 19.1 Å². The van der Waals surface area contributed by atoms with Crippen LogP contribution < -0.4 is 5.32 Å². The summed E-state index contributed by atoms with van der Waals surface area (Å²) in [6.07, 6.45) is 0. The second-order valence-corrected chi connectivity index (χ2v) is 6.12. The first kappa shape index (κ1) is 15.2. The third-order valence-corrected chi connectivity index (χ3v) is 4.61. The smallest absolute Gasteiger partial charge is 0.256 e. The lowest BCUT2D eigenvalue weighted by Crippen LogP contribution is -2.14. The van der Waals surface area contributed by atoms with Crippen molar-refractivity contribution >= 4 is 43.5 Å². The Kier molecular flexibility index (Phi) is 4.60. The predicted octanol–water partition coefficient (Wildman–Crippen LogP) is 5.22. The Balaban J connectivity index is 2.33. The van der Waals surface area contributed by atoms with E-state index in [0.717, 1.165) is 10.0 Å². The van der Waals surface area contributed by atoms with Gasteiger partial charge in [0.25, 0.3) is 5.91 Å². The molecule has 2 aromatic carbocycles. The molecule has 0 saturated carbocycles. The molecule has 2 rings (SSSR count). The maximum atomic E-state index is 13.4. The van der Waals surface area contributed by atoms with Gasteiger partial charge in [0.15, 0.2) is 0 Å². The monoisotopic (exact) mass is 399 g/mol. The molecule has 0 fully saturated rings. The fourth-order valence-electron chi connectivity index (χ4n) is 1.79. The Morgan fingerprint density at radius 3 is 2.55 bits per heavy atom. The largest absolute Gasteiger partial charge is 0.322 e. The van der Waals surface area contributed by atoms with Gasteiger partial charge in [0.1, 0.15) is 5.82 Å². The number of carbonyl (C=O) groups excluding carboxylic acids is 1. The summed E-state index contributed by atoms with van der Waals surface area (Å²) in [4.78, 5) is 12.3. The highest BCUT2D eigenvalue weighted by atomic mass is 79.9. The normalized spacial score (nSPS) is 10.4. The molecular formula is C15H12Br2FNO. The maximum Gasteiger partial charge on any atom is 0.256 e. The minimum absolute atomic E-state index is 0.234. The molecular weight excluding hydrogens is 389 g/mol. The van der Waals surface area contributed by atoms with Crippen molar-refractivity contribution < 1.29 is 9.18 Å². The summed E-state index contributed by atoms with van der Waals surface area (Å²) in [5, 5.41) is 2.80. The molecule has 104 valence electrons. The second-order valence-electron chi connectivity index (χ2n) is 4.47. The third kappa shape index (κ3) is 3.10. The molecule has 0 aliphatic rings. The molecule has 1 N–H and O–H groups in total. The number of anilines is 1. The number of nitrogens with one attached hydrogen (secondary N) is 1. The van der Waals surface area contributed by atoms with Crippen molar-refractivity contribution in [3.05, 3.63) is 61.8 Å². The van der Waals surface area contributed by atoms with Crippen LogP contribution in [0.4, 0.5) is 10.1 Å². The molecule has 0 aliphatic carbocycles. The van der Waals surface area contributed by atoms with Crippen LogP contribution in [0.2, 0.25) is 0 Å². The minimum Gasteiger partial charge on any atom is -0.322 e. The average molecular weight is 401 g/mol. The topological polar surface area (TPSA) is 29.1 Å². The molecule has 2 nitrogen and oxygen atoms in total.